The molecule has 0 aromatic heterocycles. The normalized spacial score (nSPS) is 23.1. The van der Waals surface area contributed by atoms with Crippen LogP contribution in [0, 0.1) is 0 Å². The van der Waals surface area contributed by atoms with Crippen LogP contribution in [0.5, 0.6) is 5.75 Å². The summed E-state index contributed by atoms with van der Waals surface area (Å²) in [5.74, 6) is -1.08. The predicted molar refractivity (Wildman–Crippen MR) is 123 cm³/mol. The van der Waals surface area contributed by atoms with Gasteiger partial charge in [-0.2, -0.15) is 4.90 Å². The number of likely N-dealkylation sites (tertiary alicyclic amines) is 1. The molecule has 2 aliphatic rings. The van der Waals surface area contributed by atoms with Crippen molar-refractivity contribution >= 4 is 24.0 Å². The van der Waals surface area contributed by atoms with Crippen LogP contribution in [0.2, 0.25) is 0 Å². The number of rotatable bonds is 4. The zero-order valence-electron chi connectivity index (χ0n) is 20.7. The Kier molecular flexibility index (Phi) is 7.24. The summed E-state index contributed by atoms with van der Waals surface area (Å²) in [6.45, 7) is 10.5. The van der Waals surface area contributed by atoms with Crippen LogP contribution < -0.4 is 10.1 Å². The lowest BCUT2D eigenvalue weighted by Crippen LogP contribution is -2.50. The average Bonchev–Trinajstić information content (AvgIpc) is 2.64. The van der Waals surface area contributed by atoms with Crippen molar-refractivity contribution in [1.82, 2.24) is 10.2 Å². The van der Waals surface area contributed by atoms with Gasteiger partial charge in [-0.1, -0.05) is 12.1 Å². The number of carbonyl (C=O) groups is 4. The Morgan fingerprint density at radius 1 is 0.941 bits per heavy atom. The first-order valence-corrected chi connectivity index (χ1v) is 11.6. The molecule has 1 saturated carbocycles. The van der Waals surface area contributed by atoms with Crippen LogP contribution in [0.1, 0.15) is 78.7 Å². The van der Waals surface area contributed by atoms with Crippen molar-refractivity contribution in [2.45, 2.75) is 96.5 Å². The number of hydrogen-bond donors (Lipinski definition) is 1. The Morgan fingerprint density at radius 3 is 2.09 bits per heavy atom. The number of imide groups is 3. The number of ether oxygens (including phenoxy) is 3. The smallest absolute Gasteiger partial charge is 0.424 e. The van der Waals surface area contributed by atoms with E-state index in [-0.39, 0.29) is 18.6 Å². The molecular weight excluding hydrogens is 440 g/mol. The molecule has 0 spiro atoms. The lowest BCUT2D eigenvalue weighted by molar-refractivity contribution is -0.147. The summed E-state index contributed by atoms with van der Waals surface area (Å²) in [5.41, 5.74) is -0.647. The second-order valence-corrected chi connectivity index (χ2v) is 10.8. The molecule has 1 aromatic carbocycles. The van der Waals surface area contributed by atoms with Crippen LogP contribution in [0.4, 0.5) is 9.59 Å². The minimum absolute atomic E-state index is 0.00959. The Morgan fingerprint density at radius 2 is 1.53 bits per heavy atom. The van der Waals surface area contributed by atoms with Gasteiger partial charge in [-0.05, 0) is 65.7 Å². The topological polar surface area (TPSA) is 111 Å². The predicted octanol–water partition coefficient (Wildman–Crippen LogP) is 4.29. The van der Waals surface area contributed by atoms with Crippen LogP contribution in [-0.4, -0.2) is 52.2 Å². The van der Waals surface area contributed by atoms with Crippen molar-refractivity contribution in [2.24, 2.45) is 0 Å². The van der Waals surface area contributed by atoms with E-state index in [0.717, 1.165) is 0 Å². The molecule has 4 amide bonds. The Labute approximate surface area is 200 Å². The molecule has 1 aliphatic carbocycles. The van der Waals surface area contributed by atoms with Gasteiger partial charge in [0.25, 0.3) is 0 Å². The molecular formula is C25H34N2O7. The van der Waals surface area contributed by atoms with Crippen LogP contribution in [0.25, 0.3) is 0 Å². The first-order valence-electron chi connectivity index (χ1n) is 11.6. The summed E-state index contributed by atoms with van der Waals surface area (Å²) in [6, 6.07) is 7.10. The van der Waals surface area contributed by atoms with Crippen LogP contribution in [0.15, 0.2) is 24.3 Å². The second-order valence-electron chi connectivity index (χ2n) is 10.8. The van der Waals surface area contributed by atoms with Gasteiger partial charge in [0, 0.05) is 25.3 Å². The summed E-state index contributed by atoms with van der Waals surface area (Å²) < 4.78 is 16.4. The van der Waals surface area contributed by atoms with Crippen molar-refractivity contribution in [2.75, 3.05) is 0 Å². The molecule has 0 bridgehead atoms. The van der Waals surface area contributed by atoms with Gasteiger partial charge in [0.15, 0.2) is 0 Å². The van der Waals surface area contributed by atoms with E-state index in [1.54, 1.807) is 45.0 Å². The molecule has 1 atom stereocenters. The van der Waals surface area contributed by atoms with Crippen molar-refractivity contribution in [3.8, 4) is 5.75 Å². The van der Waals surface area contributed by atoms with Crippen molar-refractivity contribution in [3.05, 3.63) is 29.8 Å². The molecule has 1 saturated heterocycles. The third-order valence-electron chi connectivity index (χ3n) is 5.39. The molecule has 34 heavy (non-hydrogen) atoms. The highest BCUT2D eigenvalue weighted by atomic mass is 16.6. The highest BCUT2D eigenvalue weighted by molar-refractivity contribution is 6.12. The number of nitrogens with one attached hydrogen (secondary N) is 1. The molecule has 9 heteroatoms. The van der Waals surface area contributed by atoms with E-state index in [2.05, 4.69) is 5.32 Å². The van der Waals surface area contributed by atoms with Crippen molar-refractivity contribution in [1.29, 1.82) is 0 Å². The summed E-state index contributed by atoms with van der Waals surface area (Å²) in [6.07, 6.45) is 0.370. The lowest BCUT2D eigenvalue weighted by Gasteiger charge is -2.36. The van der Waals surface area contributed by atoms with E-state index < -0.39 is 41.1 Å². The lowest BCUT2D eigenvalue weighted by atomic mass is 9.88. The average molecular weight is 475 g/mol. The molecule has 186 valence electrons. The molecule has 1 unspecified atom stereocenters. The third-order valence-corrected chi connectivity index (χ3v) is 5.39. The van der Waals surface area contributed by atoms with E-state index >= 15 is 0 Å². The van der Waals surface area contributed by atoms with Crippen LogP contribution in [0.3, 0.4) is 0 Å². The Bertz CT molecular complexity index is 937. The SMILES string of the molecule is CC(C)(C)OC(=O)N[C@H]1C[C@H](Oc2ccc(C3CCC(=O)N(C(=O)OC(C)(C)C)C3=O)cc2)C1. The fourth-order valence-corrected chi connectivity index (χ4v) is 3.82. The van der Waals surface area contributed by atoms with E-state index in [9.17, 15) is 19.2 Å². The van der Waals surface area contributed by atoms with E-state index in [0.29, 0.717) is 35.5 Å². The molecule has 1 aliphatic heterocycles. The zero-order chi connectivity index (χ0) is 25.3. The van der Waals surface area contributed by atoms with Gasteiger partial charge in [-0.3, -0.25) is 9.59 Å². The van der Waals surface area contributed by atoms with Crippen molar-refractivity contribution < 1.29 is 33.4 Å². The van der Waals surface area contributed by atoms with Crippen molar-refractivity contribution in [3.63, 3.8) is 0 Å². The summed E-state index contributed by atoms with van der Waals surface area (Å²) in [5, 5.41) is 2.83. The Hall–Kier alpha value is -3.10. The maximum atomic E-state index is 12.9. The number of alkyl carbamates (subject to hydrolysis) is 1. The maximum absolute atomic E-state index is 12.9. The van der Waals surface area contributed by atoms with Gasteiger partial charge >= 0.3 is 12.2 Å². The molecule has 0 radical (unpaired) electrons. The number of benzene rings is 1. The minimum atomic E-state index is -0.938. The molecule has 9 nitrogen and oxygen atoms in total. The fraction of sp³-hybridized carbons (Fsp3) is 0.600. The largest absolute Gasteiger partial charge is 0.490 e. The van der Waals surface area contributed by atoms with E-state index in [1.807, 2.05) is 20.8 Å². The van der Waals surface area contributed by atoms with Gasteiger partial charge in [-0.25, -0.2) is 9.59 Å². The first kappa shape index (κ1) is 25.5. The summed E-state index contributed by atoms with van der Waals surface area (Å²) >= 11 is 0. The summed E-state index contributed by atoms with van der Waals surface area (Å²) in [4.78, 5) is 50.0. The molecule has 1 N–H and O–H groups in total. The molecule has 1 aromatic rings. The number of piperidine rings is 1. The number of carbonyl (C=O) groups excluding carboxylic acids is 4. The standard InChI is InChI=1S/C25H34N2O7/c1-24(2,3)33-22(30)26-16-13-18(14-16)32-17-9-7-15(8-10-17)19-11-12-20(28)27(21(19)29)23(31)34-25(4,5)6/h7-10,16,18-19H,11-14H2,1-6H3,(H,26,30)/t16-,18-,19?. The number of nitrogens with zero attached hydrogens (tertiary/aromatic N) is 1. The van der Waals surface area contributed by atoms with Gasteiger partial charge in [0.05, 0.1) is 5.92 Å². The van der Waals surface area contributed by atoms with Gasteiger partial charge in [0.1, 0.15) is 23.1 Å². The van der Waals surface area contributed by atoms with Crippen LogP contribution in [-0.2, 0) is 19.1 Å². The summed E-state index contributed by atoms with van der Waals surface area (Å²) in [7, 11) is 0. The monoisotopic (exact) mass is 474 g/mol. The van der Waals surface area contributed by atoms with Gasteiger partial charge in [0.2, 0.25) is 11.8 Å². The molecule has 3 rings (SSSR count). The maximum Gasteiger partial charge on any atom is 0.424 e. The third kappa shape index (κ3) is 6.71. The molecule has 2 fully saturated rings. The minimum Gasteiger partial charge on any atom is -0.490 e. The fourth-order valence-electron chi connectivity index (χ4n) is 3.82. The number of hydrogen-bond acceptors (Lipinski definition) is 7. The second kappa shape index (κ2) is 9.64. The zero-order valence-corrected chi connectivity index (χ0v) is 20.7. The Balaban J connectivity index is 1.53. The highest BCUT2D eigenvalue weighted by Gasteiger charge is 2.41. The van der Waals surface area contributed by atoms with Gasteiger partial charge in [-0.15, -0.1) is 0 Å². The number of amides is 4. The first-order chi connectivity index (χ1) is 15.7. The highest BCUT2D eigenvalue weighted by Crippen LogP contribution is 2.32. The quantitative estimate of drug-likeness (QED) is 0.648. The van der Waals surface area contributed by atoms with E-state index in [4.69, 9.17) is 14.2 Å². The molecule has 1 heterocycles. The van der Waals surface area contributed by atoms with E-state index in [1.165, 1.54) is 0 Å². The van der Waals surface area contributed by atoms with Gasteiger partial charge < -0.3 is 19.5 Å². The van der Waals surface area contributed by atoms with Crippen LogP contribution >= 0.6 is 0 Å².